The maximum atomic E-state index is 13.0. The maximum Gasteiger partial charge on any atom is 0.261 e. The molecule has 146 valence electrons. The lowest BCUT2D eigenvalue weighted by Crippen LogP contribution is -2.34. The van der Waals surface area contributed by atoms with Crippen LogP contribution < -0.4 is 4.74 Å². The molecule has 28 heavy (non-hydrogen) atoms. The first-order chi connectivity index (χ1) is 13.6. The average Bonchev–Trinajstić information content (AvgIpc) is 3.42. The van der Waals surface area contributed by atoms with Crippen LogP contribution >= 0.6 is 0 Å². The molecule has 7 heteroatoms. The summed E-state index contributed by atoms with van der Waals surface area (Å²) in [6.45, 7) is 0.598. The van der Waals surface area contributed by atoms with Crippen LogP contribution in [0, 0.1) is 5.82 Å². The van der Waals surface area contributed by atoms with Gasteiger partial charge in [0.15, 0.2) is 6.61 Å². The second-order valence-corrected chi connectivity index (χ2v) is 6.92. The summed E-state index contributed by atoms with van der Waals surface area (Å²) < 4.78 is 25.9. The van der Waals surface area contributed by atoms with Gasteiger partial charge < -0.3 is 14.1 Å². The van der Waals surface area contributed by atoms with Crippen molar-refractivity contribution >= 4 is 5.91 Å². The van der Waals surface area contributed by atoms with E-state index in [0.29, 0.717) is 24.6 Å². The minimum absolute atomic E-state index is 0.138. The molecule has 0 radical (unpaired) electrons. The fraction of sp³-hybridized carbons (Fsp3) is 0.333. The zero-order chi connectivity index (χ0) is 19.5. The molecular weight excluding hydrogens is 361 g/mol. The zero-order valence-electron chi connectivity index (χ0n) is 15.7. The number of nitrogens with zero attached hydrogens (tertiary/aromatic N) is 3. The molecule has 0 saturated heterocycles. The van der Waals surface area contributed by atoms with E-state index in [1.165, 1.54) is 35.5 Å². The molecule has 0 N–H and O–H groups in total. The second kappa shape index (κ2) is 7.88. The first-order valence-electron chi connectivity index (χ1n) is 9.32. The Hall–Kier alpha value is -3.09. The highest BCUT2D eigenvalue weighted by atomic mass is 19.1. The second-order valence-electron chi connectivity index (χ2n) is 6.92. The number of halogens is 1. The molecular formula is C21H22FN3O3. The van der Waals surface area contributed by atoms with Crippen molar-refractivity contribution < 1.29 is 18.3 Å². The molecule has 1 amide bonds. The van der Waals surface area contributed by atoms with Crippen LogP contribution in [-0.4, -0.2) is 27.2 Å². The Morgan fingerprint density at radius 3 is 2.82 bits per heavy atom. The van der Waals surface area contributed by atoms with Crippen LogP contribution in [0.4, 0.5) is 4.39 Å². The number of ether oxygens (including phenoxy) is 1. The molecule has 3 aromatic rings. The van der Waals surface area contributed by atoms with Gasteiger partial charge in [-0.1, -0.05) is 0 Å². The number of carbonyl (C=O) groups is 1. The summed E-state index contributed by atoms with van der Waals surface area (Å²) in [5.74, 6) is 0.620. The summed E-state index contributed by atoms with van der Waals surface area (Å²) in [7, 11) is 1.95. The Morgan fingerprint density at radius 2 is 2.07 bits per heavy atom. The Morgan fingerprint density at radius 1 is 1.25 bits per heavy atom. The van der Waals surface area contributed by atoms with E-state index in [-0.39, 0.29) is 18.3 Å². The topological polar surface area (TPSA) is 60.5 Å². The van der Waals surface area contributed by atoms with E-state index in [4.69, 9.17) is 9.15 Å². The van der Waals surface area contributed by atoms with E-state index < -0.39 is 0 Å². The Kier molecular flexibility index (Phi) is 5.14. The van der Waals surface area contributed by atoms with E-state index in [2.05, 4.69) is 5.10 Å². The van der Waals surface area contributed by atoms with Gasteiger partial charge in [0.05, 0.1) is 25.0 Å². The SMILES string of the molecule is Cn1nc(CN(Cc2ccco2)C(=O)COc2ccc(F)cc2)c2c1CCC2. The lowest BCUT2D eigenvalue weighted by Gasteiger charge is -2.21. The summed E-state index contributed by atoms with van der Waals surface area (Å²) in [6.07, 6.45) is 4.73. The average molecular weight is 383 g/mol. The van der Waals surface area contributed by atoms with Gasteiger partial charge >= 0.3 is 0 Å². The van der Waals surface area contributed by atoms with Crippen molar-refractivity contribution in [3.63, 3.8) is 0 Å². The molecule has 0 atom stereocenters. The highest BCUT2D eigenvalue weighted by molar-refractivity contribution is 5.77. The molecule has 2 aromatic heterocycles. The Labute approximate surface area is 162 Å². The number of furan rings is 1. The Balaban J connectivity index is 1.49. The van der Waals surface area contributed by atoms with Crippen LogP contribution in [-0.2, 0) is 37.8 Å². The van der Waals surface area contributed by atoms with Crippen molar-refractivity contribution in [1.82, 2.24) is 14.7 Å². The number of fused-ring (bicyclic) bond motifs is 1. The number of hydrogen-bond acceptors (Lipinski definition) is 4. The van der Waals surface area contributed by atoms with Gasteiger partial charge in [-0.05, 0) is 61.2 Å². The van der Waals surface area contributed by atoms with Gasteiger partial charge in [0.2, 0.25) is 0 Å². The number of hydrogen-bond donors (Lipinski definition) is 0. The van der Waals surface area contributed by atoms with Gasteiger partial charge in [-0.2, -0.15) is 5.10 Å². The molecule has 1 aliphatic rings. The van der Waals surface area contributed by atoms with E-state index in [0.717, 1.165) is 25.0 Å². The lowest BCUT2D eigenvalue weighted by atomic mass is 10.2. The van der Waals surface area contributed by atoms with E-state index in [9.17, 15) is 9.18 Å². The van der Waals surface area contributed by atoms with Crippen molar-refractivity contribution in [2.45, 2.75) is 32.4 Å². The highest BCUT2D eigenvalue weighted by Gasteiger charge is 2.25. The van der Waals surface area contributed by atoms with Gasteiger partial charge in [-0.3, -0.25) is 9.48 Å². The van der Waals surface area contributed by atoms with Gasteiger partial charge in [-0.15, -0.1) is 0 Å². The highest BCUT2D eigenvalue weighted by Crippen LogP contribution is 2.26. The van der Waals surface area contributed by atoms with Crippen molar-refractivity contribution in [2.24, 2.45) is 7.05 Å². The molecule has 6 nitrogen and oxygen atoms in total. The molecule has 0 unspecified atom stereocenters. The van der Waals surface area contributed by atoms with Crippen LogP contribution in [0.3, 0.4) is 0 Å². The first-order valence-corrected chi connectivity index (χ1v) is 9.32. The number of aromatic nitrogens is 2. The number of carbonyl (C=O) groups excluding carboxylic acids is 1. The number of amides is 1. The fourth-order valence-electron chi connectivity index (χ4n) is 3.60. The molecule has 0 fully saturated rings. The Bertz CT molecular complexity index is 948. The van der Waals surface area contributed by atoms with E-state index >= 15 is 0 Å². The lowest BCUT2D eigenvalue weighted by molar-refractivity contribution is -0.135. The summed E-state index contributed by atoms with van der Waals surface area (Å²) in [6, 6.07) is 9.25. The van der Waals surface area contributed by atoms with Gasteiger partial charge in [-0.25, -0.2) is 4.39 Å². The molecule has 0 saturated carbocycles. The standard InChI is InChI=1S/C21H22FN3O3/c1-24-20-6-2-5-18(20)19(23-24)13-25(12-17-4-3-11-27-17)21(26)14-28-16-9-7-15(22)8-10-16/h3-4,7-11H,2,5-6,12-14H2,1H3. The third-order valence-corrected chi connectivity index (χ3v) is 4.99. The van der Waals surface area contributed by atoms with Crippen LogP contribution in [0.5, 0.6) is 5.75 Å². The summed E-state index contributed by atoms with van der Waals surface area (Å²) >= 11 is 0. The zero-order valence-corrected chi connectivity index (χ0v) is 15.7. The third-order valence-electron chi connectivity index (χ3n) is 4.99. The van der Waals surface area contributed by atoms with Crippen molar-refractivity contribution in [1.29, 1.82) is 0 Å². The van der Waals surface area contributed by atoms with Gasteiger partial charge in [0.25, 0.3) is 5.91 Å². The minimum atomic E-state index is -0.345. The van der Waals surface area contributed by atoms with Crippen molar-refractivity contribution in [3.05, 3.63) is 71.2 Å². The van der Waals surface area contributed by atoms with E-state index in [1.807, 2.05) is 17.8 Å². The third kappa shape index (κ3) is 3.93. The van der Waals surface area contributed by atoms with Gasteiger partial charge in [0.1, 0.15) is 17.3 Å². The normalized spacial score (nSPS) is 12.8. The largest absolute Gasteiger partial charge is 0.484 e. The summed E-state index contributed by atoms with van der Waals surface area (Å²) in [5.41, 5.74) is 3.43. The van der Waals surface area contributed by atoms with Crippen molar-refractivity contribution in [3.8, 4) is 5.75 Å². The monoisotopic (exact) mass is 383 g/mol. The first kappa shape index (κ1) is 18.3. The van der Waals surface area contributed by atoms with Crippen LogP contribution in [0.2, 0.25) is 0 Å². The molecule has 1 aromatic carbocycles. The minimum Gasteiger partial charge on any atom is -0.484 e. The number of benzene rings is 1. The molecule has 2 heterocycles. The van der Waals surface area contributed by atoms with Crippen LogP contribution in [0.15, 0.2) is 47.1 Å². The predicted molar refractivity (Wildman–Crippen MR) is 100 cm³/mol. The quantitative estimate of drug-likeness (QED) is 0.628. The summed E-state index contributed by atoms with van der Waals surface area (Å²) in [4.78, 5) is 14.6. The smallest absolute Gasteiger partial charge is 0.261 e. The maximum absolute atomic E-state index is 13.0. The molecule has 4 rings (SSSR count). The molecule has 0 aliphatic heterocycles. The van der Waals surface area contributed by atoms with Gasteiger partial charge in [0, 0.05) is 12.7 Å². The predicted octanol–water partition coefficient (Wildman–Crippen LogP) is 3.25. The molecule has 0 bridgehead atoms. The summed E-state index contributed by atoms with van der Waals surface area (Å²) in [5, 5.41) is 4.62. The van der Waals surface area contributed by atoms with Crippen LogP contribution in [0.25, 0.3) is 0 Å². The fourth-order valence-corrected chi connectivity index (χ4v) is 3.60. The molecule has 1 aliphatic carbocycles. The molecule has 0 spiro atoms. The van der Waals surface area contributed by atoms with E-state index in [1.54, 1.807) is 17.2 Å². The van der Waals surface area contributed by atoms with Crippen molar-refractivity contribution in [2.75, 3.05) is 6.61 Å². The number of rotatable bonds is 7. The number of aryl methyl sites for hydroxylation is 1. The van der Waals surface area contributed by atoms with Crippen LogP contribution in [0.1, 0.15) is 29.1 Å².